The number of hydrogen-bond acceptors (Lipinski definition) is 16. The number of nitrogens with one attached hydrogen (secondary N) is 1. The number of carbonyl (C=O) groups excluding carboxylic acids is 1. The molecule has 111 heavy (non-hydrogen) atoms. The quantitative estimate of drug-likeness (QED) is 0.106. The topological polar surface area (TPSA) is 245 Å². The molecule has 12 heterocycles. The summed E-state index contributed by atoms with van der Waals surface area (Å²) in [6.07, 6.45) is 32.4. The molecular formula is C82H95ClF3N15O7S3. The molecule has 3 saturated heterocycles. The fourth-order valence-electron chi connectivity index (χ4n) is 16.6. The number of aromatic nitrogens is 12. The van der Waals surface area contributed by atoms with Crippen molar-refractivity contribution in [1.82, 2.24) is 71.3 Å². The van der Waals surface area contributed by atoms with Gasteiger partial charge in [-0.3, -0.25) is 28.6 Å². The average Bonchev–Trinajstić information content (AvgIpc) is 1.61. The van der Waals surface area contributed by atoms with Crippen molar-refractivity contribution in [2.45, 2.75) is 167 Å². The molecular weight excluding hydrogens is 1500 g/mol. The summed E-state index contributed by atoms with van der Waals surface area (Å²) < 4.78 is 129. The largest absolute Gasteiger partial charge is 0.314 e. The molecule has 0 bridgehead atoms. The third-order valence-electron chi connectivity index (χ3n) is 22.6. The molecule has 3 aliphatic heterocycles. The monoisotopic (exact) mass is 1590 g/mol. The Hall–Kier alpha value is -9.16. The van der Waals surface area contributed by atoms with E-state index in [2.05, 4.69) is 47.5 Å². The van der Waals surface area contributed by atoms with Crippen molar-refractivity contribution in [3.8, 4) is 33.4 Å². The van der Waals surface area contributed by atoms with E-state index in [9.17, 15) is 43.2 Å². The van der Waals surface area contributed by atoms with E-state index < -0.39 is 48.6 Å². The number of pyridine rings is 3. The van der Waals surface area contributed by atoms with Crippen LogP contribution in [0.2, 0.25) is 0 Å². The number of benzene rings is 3. The Morgan fingerprint density at radius 2 is 0.730 bits per heavy atom. The van der Waals surface area contributed by atoms with E-state index in [0.717, 1.165) is 150 Å². The van der Waals surface area contributed by atoms with Crippen LogP contribution in [0.3, 0.4) is 0 Å². The second-order valence-corrected chi connectivity index (χ2v) is 35.2. The minimum Gasteiger partial charge on any atom is -0.314 e. The zero-order valence-electron chi connectivity index (χ0n) is 61.7. The normalized spacial score (nSPS) is 21.4. The van der Waals surface area contributed by atoms with Gasteiger partial charge in [-0.05, 0) is 179 Å². The Morgan fingerprint density at radius 1 is 0.405 bits per heavy atom. The lowest BCUT2D eigenvalue weighted by Crippen LogP contribution is -2.36. The van der Waals surface area contributed by atoms with Crippen molar-refractivity contribution in [3.63, 3.8) is 0 Å². The van der Waals surface area contributed by atoms with Gasteiger partial charge in [-0.2, -0.15) is 15.3 Å². The molecule has 3 saturated carbocycles. The highest BCUT2D eigenvalue weighted by molar-refractivity contribution is 7.90. The summed E-state index contributed by atoms with van der Waals surface area (Å²) in [6, 6.07) is 32.4. The highest BCUT2D eigenvalue weighted by atomic mass is 35.5. The van der Waals surface area contributed by atoms with Gasteiger partial charge < -0.3 is 5.32 Å². The maximum atomic E-state index is 13.7. The van der Waals surface area contributed by atoms with E-state index in [1.165, 1.54) is 11.9 Å². The van der Waals surface area contributed by atoms with Gasteiger partial charge in [0.1, 0.15) is 24.3 Å². The lowest BCUT2D eigenvalue weighted by molar-refractivity contribution is -0.120. The molecule has 1 N–H and O–H groups in total. The van der Waals surface area contributed by atoms with Crippen LogP contribution >= 0.6 is 12.4 Å². The maximum Gasteiger partial charge on any atom is 0.269 e. The lowest BCUT2D eigenvalue weighted by atomic mass is 9.81. The van der Waals surface area contributed by atoms with E-state index in [1.807, 2.05) is 58.2 Å². The van der Waals surface area contributed by atoms with Gasteiger partial charge in [0, 0.05) is 184 Å². The number of aryl methyl sites for hydroxylation is 3. The number of ketones is 1. The Morgan fingerprint density at radius 3 is 0.991 bits per heavy atom. The number of hydrogen-bond donors (Lipinski definition) is 1. The highest BCUT2D eigenvalue weighted by Crippen LogP contribution is 2.43. The van der Waals surface area contributed by atoms with Crippen LogP contribution in [-0.4, -0.2) is 167 Å². The fourth-order valence-corrected chi connectivity index (χ4v) is 20.6. The number of rotatable bonds is 14. The zero-order valence-corrected chi connectivity index (χ0v) is 64.9. The smallest absolute Gasteiger partial charge is 0.269 e. The second-order valence-electron chi connectivity index (χ2n) is 29.8. The first-order chi connectivity index (χ1) is 52.6. The molecule has 3 aromatic carbocycles. The fraction of sp³-hybridized carbons (Fsp3) is 0.402. The summed E-state index contributed by atoms with van der Waals surface area (Å²) >= 11 is 0. The highest BCUT2D eigenvalue weighted by Gasteiger charge is 2.36. The minimum atomic E-state index is -3.81. The number of alkyl halides is 3. The molecule has 6 fully saturated rings. The van der Waals surface area contributed by atoms with Crippen LogP contribution in [0.15, 0.2) is 198 Å². The van der Waals surface area contributed by atoms with Crippen LogP contribution in [0, 0.1) is 0 Å². The first kappa shape index (κ1) is 79.9. The Balaban J connectivity index is 0.000000140. The van der Waals surface area contributed by atoms with Gasteiger partial charge in [0.25, 0.3) is 30.1 Å². The molecule has 0 spiro atoms. The summed E-state index contributed by atoms with van der Waals surface area (Å²) in [4.78, 5) is 30.9. The summed E-state index contributed by atoms with van der Waals surface area (Å²) in [7, 11) is -5.92. The van der Waals surface area contributed by atoms with Gasteiger partial charge in [-0.25, -0.2) is 65.3 Å². The van der Waals surface area contributed by atoms with Gasteiger partial charge in [-0.1, -0.05) is 62.0 Å². The molecule has 18 rings (SSSR count). The molecule has 0 amide bonds. The van der Waals surface area contributed by atoms with E-state index in [-0.39, 0.29) is 40.4 Å². The summed E-state index contributed by atoms with van der Waals surface area (Å²) in [6.45, 7) is 4.30. The van der Waals surface area contributed by atoms with Crippen molar-refractivity contribution in [3.05, 3.63) is 200 Å². The van der Waals surface area contributed by atoms with Crippen LogP contribution in [0.4, 0.5) is 13.2 Å². The molecule has 22 nitrogen and oxygen atoms in total. The van der Waals surface area contributed by atoms with Crippen LogP contribution in [0.1, 0.15) is 138 Å². The molecule has 586 valence electrons. The molecule has 0 unspecified atom stereocenters. The van der Waals surface area contributed by atoms with E-state index in [0.29, 0.717) is 98.4 Å². The number of carbonyl (C=O) groups is 1. The van der Waals surface area contributed by atoms with Crippen LogP contribution in [0.25, 0.3) is 66.5 Å². The van der Waals surface area contributed by atoms with E-state index in [4.69, 9.17) is 9.97 Å². The first-order valence-electron chi connectivity index (χ1n) is 37.7. The molecule has 3 aliphatic carbocycles. The van der Waals surface area contributed by atoms with Gasteiger partial charge in [0.05, 0.1) is 33.3 Å². The van der Waals surface area contributed by atoms with Gasteiger partial charge in [-0.15, -0.1) is 12.4 Å². The lowest BCUT2D eigenvalue weighted by Gasteiger charge is -2.34. The molecule has 0 radical (unpaired) electrons. The number of Topliss-reactive ketones (excluding diaryl/α,β-unsaturated/α-hetero) is 1. The van der Waals surface area contributed by atoms with Crippen molar-refractivity contribution in [2.75, 3.05) is 39.3 Å². The van der Waals surface area contributed by atoms with Crippen LogP contribution < -0.4 is 5.32 Å². The molecule has 3 atom stereocenters. The Bertz CT molecular complexity index is 5340. The van der Waals surface area contributed by atoms with Crippen molar-refractivity contribution in [2.24, 2.45) is 21.1 Å². The van der Waals surface area contributed by atoms with Gasteiger partial charge in [0.2, 0.25) is 0 Å². The first-order valence-corrected chi connectivity index (χ1v) is 42.0. The standard InChI is InChI=1S/2C27H30FN5O2S.C23H22N4O3S.C4H8FN.CH4.ClH/c2*1-31-16-21(15-30-31)26-18-33(36(34,35)24-5-3-2-4-6-24)27-25(26)13-20(14-29-27)19-7-9-23(10-8-19)32-12-11-22(28)17-32;1-26-14-18(13-25-26)22-15-27(31(29,30)20-5-3-2-4-6-20)23-21(22)11-17(12-24-23)16-7-9-19(28)10-8-16;5-4-1-2-6-3-4;;/h2*2-6,13-16,18-19,22-23H,7-12,17H2,1H3;2-6,11-16H,7-10H2,1H3;4,6H,1-3H2;1H4;1H/t2*19?,22-,23?;;4-;;/m00.0../s1. The van der Waals surface area contributed by atoms with Crippen LogP contribution in [0.5, 0.6) is 0 Å². The SMILES string of the molecule is C.Cl.Cn1cc(-c2cn(S(=O)(=O)c3ccccc3)c3ncc(C4CCC(=O)CC4)cc23)cn1.Cn1cc(-c2cn(S(=O)(=O)c3ccccc3)c3ncc(C4CCC(N5CC[C@H](F)C5)CC4)cc23)cn1.Cn1cc(-c2cn(S(=O)(=O)c3ccccc3)c3ncc(C4CCC(N5CC[C@H](F)C5)CC4)cc23)cn1.F[C@H]1CCNC1. The van der Waals surface area contributed by atoms with Gasteiger partial charge in [0.15, 0.2) is 16.9 Å². The predicted molar refractivity (Wildman–Crippen MR) is 428 cm³/mol. The number of likely N-dealkylation sites (tertiary alicyclic amines) is 2. The van der Waals surface area contributed by atoms with Crippen LogP contribution in [-0.2, 0) is 56.0 Å². The summed E-state index contributed by atoms with van der Waals surface area (Å²) in [5.41, 5.74) is 9.41. The third-order valence-corrected chi connectivity index (χ3v) is 27.5. The third kappa shape index (κ3) is 17.1. The summed E-state index contributed by atoms with van der Waals surface area (Å²) in [5, 5.41) is 18.1. The molecule has 12 aromatic rings. The molecule has 6 aliphatic rings. The zero-order chi connectivity index (χ0) is 75.7. The van der Waals surface area contributed by atoms with Crippen molar-refractivity contribution >= 4 is 81.4 Å². The van der Waals surface area contributed by atoms with Crippen molar-refractivity contribution < 1.29 is 43.2 Å². The number of halogens is 4. The number of fused-ring (bicyclic) bond motifs is 3. The molecule has 9 aromatic heterocycles. The van der Waals surface area contributed by atoms with Crippen molar-refractivity contribution in [1.29, 1.82) is 0 Å². The predicted octanol–water partition coefficient (Wildman–Crippen LogP) is 14.8. The second kappa shape index (κ2) is 34.0. The van der Waals surface area contributed by atoms with E-state index >= 15 is 0 Å². The Kier molecular flexibility index (Phi) is 24.5. The maximum absolute atomic E-state index is 13.7. The summed E-state index contributed by atoms with van der Waals surface area (Å²) in [5.74, 6) is 1.28. The minimum absolute atomic E-state index is 0. The Labute approximate surface area is 652 Å². The van der Waals surface area contributed by atoms with E-state index in [1.54, 1.807) is 148 Å². The average molecular weight is 1590 g/mol. The van der Waals surface area contributed by atoms with Gasteiger partial charge >= 0.3 is 0 Å². The number of nitrogens with zero attached hydrogens (tertiary/aromatic N) is 14. The molecule has 29 heteroatoms.